The number of aryl methyl sites for hydroxylation is 2. The summed E-state index contributed by atoms with van der Waals surface area (Å²) in [4.78, 5) is 13.9. The second kappa shape index (κ2) is 6.23. The lowest BCUT2D eigenvalue weighted by Gasteiger charge is -2.23. The molecular formula is C17H27NO. The molecule has 1 rings (SSSR count). The van der Waals surface area contributed by atoms with Crippen molar-refractivity contribution in [2.75, 3.05) is 7.05 Å². The molecule has 0 bridgehead atoms. The molecule has 0 unspecified atom stereocenters. The van der Waals surface area contributed by atoms with E-state index in [2.05, 4.69) is 52.8 Å². The fraction of sp³-hybridized carbons (Fsp3) is 0.588. The first kappa shape index (κ1) is 15.7. The summed E-state index contributed by atoms with van der Waals surface area (Å²) in [5, 5.41) is 0. The molecule has 19 heavy (non-hydrogen) atoms. The molecule has 0 fully saturated rings. The van der Waals surface area contributed by atoms with Crippen molar-refractivity contribution in [3.63, 3.8) is 0 Å². The van der Waals surface area contributed by atoms with Gasteiger partial charge >= 0.3 is 0 Å². The Morgan fingerprint density at radius 2 is 1.89 bits per heavy atom. The van der Waals surface area contributed by atoms with Crippen molar-refractivity contribution in [1.82, 2.24) is 4.90 Å². The summed E-state index contributed by atoms with van der Waals surface area (Å²) in [6.45, 7) is 11.3. The number of nitrogens with zero attached hydrogens (tertiary/aromatic N) is 1. The van der Waals surface area contributed by atoms with Crippen LogP contribution in [0.3, 0.4) is 0 Å². The van der Waals surface area contributed by atoms with Gasteiger partial charge in [0.05, 0.1) is 0 Å². The van der Waals surface area contributed by atoms with E-state index in [1.165, 1.54) is 16.7 Å². The Bertz CT molecular complexity index is 443. The first-order valence-electron chi connectivity index (χ1n) is 7.05. The SMILES string of the molecule is CCc1ccc(CN(C)C(=O)CC(C)(C)C)cc1C. The number of carbonyl (C=O) groups excluding carboxylic acids is 1. The summed E-state index contributed by atoms with van der Waals surface area (Å²) < 4.78 is 0. The van der Waals surface area contributed by atoms with Crippen LogP contribution in [0.15, 0.2) is 18.2 Å². The zero-order chi connectivity index (χ0) is 14.6. The molecule has 0 aliphatic rings. The van der Waals surface area contributed by atoms with E-state index >= 15 is 0 Å². The van der Waals surface area contributed by atoms with Gasteiger partial charge in [0.2, 0.25) is 5.91 Å². The van der Waals surface area contributed by atoms with Gasteiger partial charge in [0, 0.05) is 20.0 Å². The van der Waals surface area contributed by atoms with Gasteiger partial charge in [-0.3, -0.25) is 4.79 Å². The van der Waals surface area contributed by atoms with Crippen LogP contribution in [0.25, 0.3) is 0 Å². The molecule has 1 aromatic rings. The highest BCUT2D eigenvalue weighted by Gasteiger charge is 2.19. The normalized spacial score (nSPS) is 11.5. The minimum Gasteiger partial charge on any atom is -0.341 e. The molecule has 0 spiro atoms. The Morgan fingerprint density at radius 3 is 2.37 bits per heavy atom. The van der Waals surface area contributed by atoms with Crippen molar-refractivity contribution in [1.29, 1.82) is 0 Å². The molecule has 2 nitrogen and oxygen atoms in total. The summed E-state index contributed by atoms with van der Waals surface area (Å²) >= 11 is 0. The molecular weight excluding hydrogens is 234 g/mol. The molecule has 0 aliphatic heterocycles. The fourth-order valence-electron chi connectivity index (χ4n) is 2.20. The highest BCUT2D eigenvalue weighted by molar-refractivity contribution is 5.76. The van der Waals surface area contributed by atoms with Crippen molar-refractivity contribution < 1.29 is 4.79 Å². The predicted octanol–water partition coefficient (Wildman–Crippen LogP) is 3.95. The molecule has 0 aromatic heterocycles. The van der Waals surface area contributed by atoms with Crippen LogP contribution in [0, 0.1) is 12.3 Å². The average Bonchev–Trinajstić information content (AvgIpc) is 2.27. The van der Waals surface area contributed by atoms with Crippen molar-refractivity contribution in [3.8, 4) is 0 Å². The number of hydrogen-bond acceptors (Lipinski definition) is 1. The maximum absolute atomic E-state index is 12.1. The molecule has 2 heteroatoms. The standard InChI is InChI=1S/C17H27NO/c1-7-15-9-8-14(10-13(15)2)12-18(6)16(19)11-17(3,4)5/h8-10H,7,11-12H2,1-6H3. The van der Waals surface area contributed by atoms with E-state index in [1.807, 2.05) is 11.9 Å². The Balaban J connectivity index is 2.69. The molecule has 1 aromatic carbocycles. The van der Waals surface area contributed by atoms with E-state index in [1.54, 1.807) is 0 Å². The Kier molecular flexibility index (Phi) is 5.16. The van der Waals surface area contributed by atoms with Gasteiger partial charge in [0.15, 0.2) is 0 Å². The lowest BCUT2D eigenvalue weighted by atomic mass is 9.91. The van der Waals surface area contributed by atoms with E-state index in [9.17, 15) is 4.79 Å². The second-order valence-corrected chi connectivity index (χ2v) is 6.60. The van der Waals surface area contributed by atoms with Gasteiger partial charge in [0.25, 0.3) is 0 Å². The van der Waals surface area contributed by atoms with Crippen LogP contribution in [0.4, 0.5) is 0 Å². The molecule has 0 saturated carbocycles. The number of hydrogen-bond donors (Lipinski definition) is 0. The van der Waals surface area contributed by atoms with Gasteiger partial charge in [0.1, 0.15) is 0 Å². The van der Waals surface area contributed by atoms with E-state index in [0.717, 1.165) is 6.42 Å². The minimum absolute atomic E-state index is 0.0489. The van der Waals surface area contributed by atoms with Crippen molar-refractivity contribution >= 4 is 5.91 Å². The molecule has 1 amide bonds. The third-order valence-electron chi connectivity index (χ3n) is 3.31. The molecule has 0 radical (unpaired) electrons. The Hall–Kier alpha value is -1.31. The molecule has 0 aliphatic carbocycles. The van der Waals surface area contributed by atoms with Gasteiger partial charge < -0.3 is 4.90 Å². The zero-order valence-electron chi connectivity index (χ0n) is 13.2. The van der Waals surface area contributed by atoms with Gasteiger partial charge in [-0.15, -0.1) is 0 Å². The predicted molar refractivity (Wildman–Crippen MR) is 81.1 cm³/mol. The van der Waals surface area contributed by atoms with E-state index in [0.29, 0.717) is 13.0 Å². The first-order chi connectivity index (χ1) is 8.73. The summed E-state index contributed by atoms with van der Waals surface area (Å²) in [5.74, 6) is 0.213. The van der Waals surface area contributed by atoms with Crippen LogP contribution in [0.2, 0.25) is 0 Å². The van der Waals surface area contributed by atoms with Crippen LogP contribution in [0.5, 0.6) is 0 Å². The largest absolute Gasteiger partial charge is 0.341 e. The number of carbonyl (C=O) groups is 1. The topological polar surface area (TPSA) is 20.3 Å². The van der Waals surface area contributed by atoms with Gasteiger partial charge in [-0.2, -0.15) is 0 Å². The molecule has 0 atom stereocenters. The molecule has 0 saturated heterocycles. The van der Waals surface area contributed by atoms with Crippen LogP contribution in [-0.4, -0.2) is 17.9 Å². The summed E-state index contributed by atoms with van der Waals surface area (Å²) in [7, 11) is 1.89. The van der Waals surface area contributed by atoms with Gasteiger partial charge in [-0.05, 0) is 35.4 Å². The lowest BCUT2D eigenvalue weighted by molar-refractivity contribution is -0.132. The summed E-state index contributed by atoms with van der Waals surface area (Å²) in [6, 6.07) is 6.50. The number of benzene rings is 1. The highest BCUT2D eigenvalue weighted by Crippen LogP contribution is 2.20. The minimum atomic E-state index is 0.0489. The van der Waals surface area contributed by atoms with E-state index in [4.69, 9.17) is 0 Å². The number of rotatable bonds is 4. The fourth-order valence-corrected chi connectivity index (χ4v) is 2.20. The molecule has 0 N–H and O–H groups in total. The summed E-state index contributed by atoms with van der Waals surface area (Å²) in [6.07, 6.45) is 1.65. The van der Waals surface area contributed by atoms with E-state index < -0.39 is 0 Å². The van der Waals surface area contributed by atoms with Crippen LogP contribution in [0.1, 0.15) is 50.8 Å². The quantitative estimate of drug-likeness (QED) is 0.803. The Labute approximate surface area is 117 Å². The van der Waals surface area contributed by atoms with Crippen LogP contribution >= 0.6 is 0 Å². The zero-order valence-corrected chi connectivity index (χ0v) is 13.2. The first-order valence-corrected chi connectivity index (χ1v) is 7.05. The molecule has 0 heterocycles. The monoisotopic (exact) mass is 261 g/mol. The highest BCUT2D eigenvalue weighted by atomic mass is 16.2. The molecule has 106 valence electrons. The van der Waals surface area contributed by atoms with Crippen LogP contribution in [-0.2, 0) is 17.8 Å². The summed E-state index contributed by atoms with van der Waals surface area (Å²) in [5.41, 5.74) is 3.96. The third-order valence-corrected chi connectivity index (χ3v) is 3.31. The second-order valence-electron chi connectivity index (χ2n) is 6.60. The Morgan fingerprint density at radius 1 is 1.26 bits per heavy atom. The van der Waals surface area contributed by atoms with Gasteiger partial charge in [-0.25, -0.2) is 0 Å². The lowest BCUT2D eigenvalue weighted by Crippen LogP contribution is -2.29. The van der Waals surface area contributed by atoms with Crippen LogP contribution < -0.4 is 0 Å². The maximum Gasteiger partial charge on any atom is 0.223 e. The smallest absolute Gasteiger partial charge is 0.223 e. The van der Waals surface area contributed by atoms with Crippen molar-refractivity contribution in [2.45, 2.75) is 54.0 Å². The van der Waals surface area contributed by atoms with Gasteiger partial charge in [-0.1, -0.05) is 45.9 Å². The third kappa shape index (κ3) is 5.06. The van der Waals surface area contributed by atoms with E-state index in [-0.39, 0.29) is 11.3 Å². The van der Waals surface area contributed by atoms with Crippen molar-refractivity contribution in [2.24, 2.45) is 5.41 Å². The average molecular weight is 261 g/mol. The maximum atomic E-state index is 12.1. The van der Waals surface area contributed by atoms with Crippen molar-refractivity contribution in [3.05, 3.63) is 34.9 Å². The number of amides is 1.